The van der Waals surface area contributed by atoms with Gasteiger partial charge in [-0.05, 0) is 18.6 Å². The molecule has 1 aliphatic rings. The molecule has 0 radical (unpaired) electrons. The van der Waals surface area contributed by atoms with E-state index in [9.17, 15) is 0 Å². The predicted molar refractivity (Wildman–Crippen MR) is 80.7 cm³/mol. The van der Waals surface area contributed by atoms with Gasteiger partial charge < -0.3 is 8.78 Å². The van der Waals surface area contributed by atoms with Crippen molar-refractivity contribution in [2.24, 2.45) is 0 Å². The lowest BCUT2D eigenvalue weighted by Crippen LogP contribution is -2.05. The molecule has 0 aliphatic carbocycles. The first-order valence-electron chi connectivity index (χ1n) is 6.77. The van der Waals surface area contributed by atoms with Gasteiger partial charge in [0.2, 0.25) is 12.9 Å². The Morgan fingerprint density at radius 3 is 2.70 bits per heavy atom. The van der Waals surface area contributed by atoms with Crippen LogP contribution in [0, 0.1) is 6.92 Å². The quantitative estimate of drug-likeness (QED) is 0.552. The zero-order chi connectivity index (χ0) is 13.5. The lowest BCUT2D eigenvalue weighted by molar-refractivity contribution is 0.0225. The van der Waals surface area contributed by atoms with E-state index in [1.54, 1.807) is 0 Å². The Labute approximate surface area is 117 Å². The smallest absolute Gasteiger partial charge is 0.261 e. The summed E-state index contributed by atoms with van der Waals surface area (Å²) in [7, 11) is 0. The summed E-state index contributed by atoms with van der Waals surface area (Å²) in [4.78, 5) is 0. The van der Waals surface area contributed by atoms with E-state index in [2.05, 4.69) is 29.5 Å². The molecule has 1 aromatic heterocycles. The number of fused-ring (bicyclic) bond motifs is 3. The highest BCUT2D eigenvalue weighted by molar-refractivity contribution is 5.87. The van der Waals surface area contributed by atoms with Crippen molar-refractivity contribution < 1.29 is 8.78 Å². The van der Waals surface area contributed by atoms with Crippen LogP contribution in [0.1, 0.15) is 16.9 Å². The van der Waals surface area contributed by atoms with Crippen LogP contribution in [-0.2, 0) is 11.0 Å². The van der Waals surface area contributed by atoms with Gasteiger partial charge in [-0.2, -0.15) is 0 Å². The summed E-state index contributed by atoms with van der Waals surface area (Å²) < 4.78 is 9.09. The van der Waals surface area contributed by atoms with Crippen LogP contribution in [0.15, 0.2) is 59.2 Å². The Bertz CT molecular complexity index is 797. The van der Waals surface area contributed by atoms with Crippen molar-refractivity contribution in [3.8, 4) is 5.75 Å². The van der Waals surface area contributed by atoms with Gasteiger partial charge in [-0.15, -0.1) is 0 Å². The molecule has 3 aromatic rings. The summed E-state index contributed by atoms with van der Waals surface area (Å²) in [5, 5.41) is 1.24. The fourth-order valence-electron chi connectivity index (χ4n) is 2.80. The number of aryl methyl sites for hydroxylation is 1. The van der Waals surface area contributed by atoms with Gasteiger partial charge in [0.25, 0.3) is 5.75 Å². The average Bonchev–Trinajstić information content (AvgIpc) is 2.87. The zero-order valence-corrected chi connectivity index (χ0v) is 11.3. The molecule has 2 heterocycles. The van der Waals surface area contributed by atoms with Crippen LogP contribution in [0.25, 0.3) is 17.0 Å². The normalized spacial score (nSPS) is 13.8. The first-order valence-corrected chi connectivity index (χ1v) is 6.77. The molecule has 20 heavy (non-hydrogen) atoms. The van der Waals surface area contributed by atoms with Crippen molar-refractivity contribution >= 4 is 17.0 Å². The number of benzene rings is 2. The van der Waals surface area contributed by atoms with Crippen molar-refractivity contribution in [3.63, 3.8) is 0 Å². The molecule has 2 heteroatoms. The molecule has 0 saturated carbocycles. The summed E-state index contributed by atoms with van der Waals surface area (Å²) in [6, 6.07) is 16.5. The Kier molecular flexibility index (Phi) is 2.43. The summed E-state index contributed by atoms with van der Waals surface area (Å²) >= 11 is 0. The van der Waals surface area contributed by atoms with Crippen LogP contribution < -0.4 is 0 Å². The summed E-state index contributed by atoms with van der Waals surface area (Å²) in [5.41, 5.74) is 3.47. The maximum atomic E-state index is 5.93. The van der Waals surface area contributed by atoms with Crippen LogP contribution in [0.5, 0.6) is 5.75 Å². The van der Waals surface area contributed by atoms with Crippen molar-refractivity contribution in [3.05, 3.63) is 71.7 Å². The molecule has 0 saturated heterocycles. The van der Waals surface area contributed by atoms with Crippen LogP contribution in [0.3, 0.4) is 0 Å². The van der Waals surface area contributed by atoms with Crippen molar-refractivity contribution in [1.29, 1.82) is 0 Å². The van der Waals surface area contributed by atoms with Gasteiger partial charge in [-0.1, -0.05) is 30.3 Å². The van der Waals surface area contributed by atoms with Gasteiger partial charge in [0.15, 0.2) is 0 Å². The summed E-state index contributed by atoms with van der Waals surface area (Å²) in [5.74, 6) is 2.09. The highest BCUT2D eigenvalue weighted by atomic mass is 16.7. The summed E-state index contributed by atoms with van der Waals surface area (Å²) in [6.07, 6.45) is 4.03. The monoisotopic (exact) mass is 263 g/mol. The maximum absolute atomic E-state index is 5.93. The van der Waals surface area contributed by atoms with Gasteiger partial charge in [0.1, 0.15) is 11.3 Å². The third kappa shape index (κ3) is 1.65. The number of furan rings is 1. The fourth-order valence-corrected chi connectivity index (χ4v) is 2.80. The number of hydrogen-bond donors (Lipinski definition) is 0. The molecule has 2 aromatic carbocycles. The maximum Gasteiger partial charge on any atom is 0.261 e. The van der Waals surface area contributed by atoms with Gasteiger partial charge in [-0.3, -0.25) is 0 Å². The van der Waals surface area contributed by atoms with Crippen molar-refractivity contribution in [2.75, 3.05) is 0 Å². The lowest BCUT2D eigenvalue weighted by atomic mass is 10.1. The minimum atomic E-state index is 0.772. The van der Waals surface area contributed by atoms with E-state index in [0.717, 1.165) is 23.7 Å². The molecular formula is C18H15O2+. The first-order chi connectivity index (χ1) is 9.83. The van der Waals surface area contributed by atoms with Gasteiger partial charge in [-0.25, -0.2) is 0 Å². The van der Waals surface area contributed by atoms with E-state index >= 15 is 0 Å². The van der Waals surface area contributed by atoms with E-state index in [0.29, 0.717) is 0 Å². The second-order valence-electron chi connectivity index (χ2n) is 5.08. The first kappa shape index (κ1) is 11.4. The molecule has 98 valence electrons. The molecule has 0 fully saturated rings. The van der Waals surface area contributed by atoms with Gasteiger partial charge in [0, 0.05) is 17.5 Å². The molecule has 4 rings (SSSR count). The number of hydrogen-bond acceptors (Lipinski definition) is 1. The fraction of sp³-hybridized carbons (Fsp3) is 0.111. The molecule has 2 nitrogen and oxygen atoms in total. The third-order valence-corrected chi connectivity index (χ3v) is 3.78. The number of rotatable bonds is 1. The lowest BCUT2D eigenvalue weighted by Gasteiger charge is -2.21. The standard InChI is InChI=1S/C18H15O2/c1-13-6-5-9-17-18(13)15-12-20(11-10-16(15)19-17)14-7-3-2-4-8-14/h2-11H,12H2,1H3/q+1. The molecule has 0 amide bonds. The molecule has 0 unspecified atom stereocenters. The Hall–Kier alpha value is -2.48. The van der Waals surface area contributed by atoms with E-state index in [-0.39, 0.29) is 0 Å². The van der Waals surface area contributed by atoms with Crippen LogP contribution in [0.4, 0.5) is 0 Å². The molecule has 0 spiro atoms. The zero-order valence-electron chi connectivity index (χ0n) is 11.3. The molecule has 1 aliphatic heterocycles. The highest BCUT2D eigenvalue weighted by Gasteiger charge is 2.24. The van der Waals surface area contributed by atoms with Crippen molar-refractivity contribution in [2.45, 2.75) is 13.5 Å². The molecule has 0 atom stereocenters. The predicted octanol–water partition coefficient (Wildman–Crippen LogP) is 5.19. The van der Waals surface area contributed by atoms with E-state index in [1.807, 2.05) is 42.7 Å². The largest absolute Gasteiger partial charge is 0.537 e. The van der Waals surface area contributed by atoms with Crippen LogP contribution in [0.2, 0.25) is 0 Å². The Balaban J connectivity index is 1.84. The van der Waals surface area contributed by atoms with E-state index in [4.69, 9.17) is 4.42 Å². The molecular weight excluding hydrogens is 248 g/mol. The Morgan fingerprint density at radius 2 is 1.85 bits per heavy atom. The van der Waals surface area contributed by atoms with Gasteiger partial charge >= 0.3 is 0 Å². The molecule has 0 bridgehead atoms. The van der Waals surface area contributed by atoms with Crippen LogP contribution >= 0.6 is 0 Å². The van der Waals surface area contributed by atoms with Crippen LogP contribution in [-0.4, -0.2) is 0 Å². The van der Waals surface area contributed by atoms with Gasteiger partial charge in [0.05, 0.1) is 11.6 Å². The second-order valence-corrected chi connectivity index (χ2v) is 5.08. The SMILES string of the molecule is Cc1cccc2oc3c(c12)C[O+](c1ccccc1)C=C3. The van der Waals surface area contributed by atoms with Crippen molar-refractivity contribution in [1.82, 2.24) is 0 Å². The highest BCUT2D eigenvalue weighted by Crippen LogP contribution is 2.38. The number of para-hydroxylation sites is 1. The third-order valence-electron chi connectivity index (χ3n) is 3.78. The summed E-state index contributed by atoms with van der Waals surface area (Å²) in [6.45, 7) is 2.90. The second kappa shape index (κ2) is 4.27. The van der Waals surface area contributed by atoms with E-state index in [1.165, 1.54) is 16.5 Å². The Morgan fingerprint density at radius 1 is 1.00 bits per heavy atom. The minimum Gasteiger partial charge on any atom is -0.537 e. The minimum absolute atomic E-state index is 0.772. The van der Waals surface area contributed by atoms with E-state index < -0.39 is 0 Å². The topological polar surface area (TPSA) is 15.8 Å². The molecule has 0 N–H and O–H groups in total. The average molecular weight is 263 g/mol.